The van der Waals surface area contributed by atoms with E-state index in [9.17, 15) is 9.59 Å². The van der Waals surface area contributed by atoms with Crippen molar-refractivity contribution in [2.75, 3.05) is 25.6 Å². The maximum atomic E-state index is 12.7. The molecule has 11 nitrogen and oxygen atoms in total. The van der Waals surface area contributed by atoms with Crippen LogP contribution in [0.5, 0.6) is 5.75 Å². The molecule has 31 heavy (non-hydrogen) atoms. The Morgan fingerprint density at radius 1 is 1.26 bits per heavy atom. The number of hydrogen-bond donors (Lipinski definition) is 4. The van der Waals surface area contributed by atoms with Crippen LogP contribution in [-0.2, 0) is 24.4 Å². The number of nitrogens with zero attached hydrogens (tertiary/aromatic N) is 4. The summed E-state index contributed by atoms with van der Waals surface area (Å²) in [6.07, 6.45) is 0. The minimum atomic E-state index is -0.566. The number of aryl methyl sites for hydroxylation is 1. The van der Waals surface area contributed by atoms with E-state index >= 15 is 0 Å². The van der Waals surface area contributed by atoms with Crippen LogP contribution in [0.1, 0.15) is 23.2 Å². The minimum absolute atomic E-state index is 0.0563. The van der Waals surface area contributed by atoms with Crippen LogP contribution in [0.25, 0.3) is 11.0 Å². The van der Waals surface area contributed by atoms with Gasteiger partial charge in [0.1, 0.15) is 12.3 Å². The van der Waals surface area contributed by atoms with E-state index in [0.717, 1.165) is 11.0 Å². The van der Waals surface area contributed by atoms with E-state index < -0.39 is 5.91 Å². The highest BCUT2D eigenvalue weighted by atomic mass is 35.5. The van der Waals surface area contributed by atoms with Crippen molar-refractivity contribution in [3.05, 3.63) is 34.9 Å². The SMILES string of the molecule is CCn1c(CNC(=O)c2nc(Cl)c(N)nc2N)[n+](CC(=O)NC)c2ccc(OC)cc21. The first-order valence-corrected chi connectivity index (χ1v) is 9.84. The Kier molecular flexibility index (Phi) is 6.44. The van der Waals surface area contributed by atoms with Crippen molar-refractivity contribution in [1.29, 1.82) is 0 Å². The molecule has 2 aromatic heterocycles. The summed E-state index contributed by atoms with van der Waals surface area (Å²) in [5.41, 5.74) is 12.9. The van der Waals surface area contributed by atoms with E-state index in [4.69, 9.17) is 27.8 Å². The molecule has 0 bridgehead atoms. The van der Waals surface area contributed by atoms with E-state index in [1.807, 2.05) is 34.3 Å². The molecule has 164 valence electrons. The number of nitrogens with two attached hydrogens (primary N) is 2. The number of hydrogen-bond acceptors (Lipinski definition) is 7. The number of amides is 2. The summed E-state index contributed by atoms with van der Waals surface area (Å²) in [6.45, 7) is 2.75. The van der Waals surface area contributed by atoms with Crippen LogP contribution >= 0.6 is 11.6 Å². The normalized spacial score (nSPS) is 10.8. The molecule has 0 radical (unpaired) electrons. The van der Waals surface area contributed by atoms with Gasteiger partial charge >= 0.3 is 0 Å². The van der Waals surface area contributed by atoms with Crippen molar-refractivity contribution in [2.45, 2.75) is 26.6 Å². The summed E-state index contributed by atoms with van der Waals surface area (Å²) in [5, 5.41) is 5.29. The van der Waals surface area contributed by atoms with Crippen LogP contribution < -0.4 is 31.4 Å². The Bertz CT molecular complexity index is 1160. The van der Waals surface area contributed by atoms with Crippen LogP contribution in [-0.4, -0.2) is 40.5 Å². The van der Waals surface area contributed by atoms with Gasteiger partial charge in [-0.3, -0.25) is 9.59 Å². The average molecular weight is 448 g/mol. The fourth-order valence-corrected chi connectivity index (χ4v) is 3.42. The Morgan fingerprint density at radius 3 is 2.65 bits per heavy atom. The molecule has 0 aliphatic rings. The molecule has 0 saturated heterocycles. The zero-order chi connectivity index (χ0) is 22.7. The predicted octanol–water partition coefficient (Wildman–Crippen LogP) is 0.241. The number of fused-ring (bicyclic) bond motifs is 1. The zero-order valence-corrected chi connectivity index (χ0v) is 18.2. The number of carbonyl (C=O) groups excluding carboxylic acids is 2. The molecule has 12 heteroatoms. The van der Waals surface area contributed by atoms with Crippen molar-refractivity contribution in [1.82, 2.24) is 25.2 Å². The molecule has 0 unspecified atom stereocenters. The molecule has 0 saturated carbocycles. The van der Waals surface area contributed by atoms with Gasteiger partial charge in [-0.2, -0.15) is 0 Å². The van der Waals surface area contributed by atoms with Gasteiger partial charge in [-0.1, -0.05) is 11.6 Å². The monoisotopic (exact) mass is 447 g/mol. The number of imidazole rings is 1. The molecular formula is C19H24ClN8O3+. The van der Waals surface area contributed by atoms with E-state index in [2.05, 4.69) is 20.6 Å². The number of carbonyl (C=O) groups is 2. The number of halogens is 1. The minimum Gasteiger partial charge on any atom is -0.497 e. The first kappa shape index (κ1) is 22.1. The second-order valence-corrected chi connectivity index (χ2v) is 6.95. The number of rotatable bonds is 7. The lowest BCUT2D eigenvalue weighted by atomic mass is 10.3. The van der Waals surface area contributed by atoms with E-state index in [-0.39, 0.29) is 41.5 Å². The van der Waals surface area contributed by atoms with Crippen LogP contribution in [0.15, 0.2) is 18.2 Å². The van der Waals surface area contributed by atoms with Gasteiger partial charge in [0.15, 0.2) is 40.1 Å². The smallest absolute Gasteiger partial charge is 0.277 e. The highest BCUT2D eigenvalue weighted by Gasteiger charge is 2.27. The van der Waals surface area contributed by atoms with Crippen LogP contribution in [0, 0.1) is 0 Å². The van der Waals surface area contributed by atoms with Gasteiger partial charge in [-0.05, 0) is 19.1 Å². The Morgan fingerprint density at radius 2 is 2.00 bits per heavy atom. The van der Waals surface area contributed by atoms with Gasteiger partial charge in [0.25, 0.3) is 17.6 Å². The summed E-state index contributed by atoms with van der Waals surface area (Å²) < 4.78 is 9.17. The first-order valence-electron chi connectivity index (χ1n) is 9.46. The predicted molar refractivity (Wildman–Crippen MR) is 115 cm³/mol. The standard InChI is InChI=1S/C19H23ClN8O3/c1-4-27-12-7-10(31-3)5-6-11(12)28(9-13(29)23-2)14(27)8-24-19(30)15-17(21)26-18(22)16(20)25-15/h5-7H,4,8-9H2,1-3H3,(H5-,21,22,23,24,26,29,30)/p+1. The fourth-order valence-electron chi connectivity index (χ4n) is 3.29. The second-order valence-electron chi connectivity index (χ2n) is 6.59. The molecule has 2 heterocycles. The van der Waals surface area contributed by atoms with Crippen LogP contribution in [0.3, 0.4) is 0 Å². The van der Waals surface area contributed by atoms with Gasteiger partial charge in [0, 0.05) is 13.1 Å². The third-order valence-corrected chi connectivity index (χ3v) is 5.09. The lowest BCUT2D eigenvalue weighted by Crippen LogP contribution is -2.46. The molecule has 0 fully saturated rings. The van der Waals surface area contributed by atoms with Crippen LogP contribution in [0.4, 0.5) is 11.6 Å². The molecule has 0 atom stereocenters. The molecule has 1 aromatic carbocycles. The molecule has 0 spiro atoms. The highest BCUT2D eigenvalue weighted by molar-refractivity contribution is 6.31. The molecule has 3 rings (SSSR count). The van der Waals surface area contributed by atoms with E-state index in [1.54, 1.807) is 14.2 Å². The first-order chi connectivity index (χ1) is 14.8. The van der Waals surface area contributed by atoms with Crippen molar-refractivity contribution >= 4 is 46.1 Å². The van der Waals surface area contributed by atoms with Crippen molar-refractivity contribution in [3.8, 4) is 5.75 Å². The van der Waals surface area contributed by atoms with E-state index in [1.165, 1.54) is 0 Å². The second kappa shape index (κ2) is 9.04. The van der Waals surface area contributed by atoms with Crippen molar-refractivity contribution in [3.63, 3.8) is 0 Å². The number of nitrogens with one attached hydrogen (secondary N) is 2. The topological polar surface area (TPSA) is 154 Å². The fraction of sp³-hybridized carbons (Fsp3) is 0.316. The maximum Gasteiger partial charge on any atom is 0.277 e. The number of ether oxygens (including phenoxy) is 1. The zero-order valence-electron chi connectivity index (χ0n) is 17.4. The molecular weight excluding hydrogens is 424 g/mol. The van der Waals surface area contributed by atoms with Gasteiger partial charge in [-0.25, -0.2) is 19.1 Å². The summed E-state index contributed by atoms with van der Waals surface area (Å²) in [7, 11) is 3.15. The summed E-state index contributed by atoms with van der Waals surface area (Å²) in [4.78, 5) is 32.6. The van der Waals surface area contributed by atoms with Crippen molar-refractivity contribution < 1.29 is 18.9 Å². The number of aromatic nitrogens is 4. The Labute approximate surface area is 183 Å². The molecule has 0 aliphatic carbocycles. The lowest BCUT2D eigenvalue weighted by Gasteiger charge is -2.08. The number of nitrogen functional groups attached to an aromatic ring is 2. The quantitative estimate of drug-likeness (QED) is 0.378. The summed E-state index contributed by atoms with van der Waals surface area (Å²) in [5.74, 6) is 0.461. The van der Waals surface area contributed by atoms with Gasteiger partial charge in [0.05, 0.1) is 13.7 Å². The van der Waals surface area contributed by atoms with E-state index in [0.29, 0.717) is 18.1 Å². The maximum absolute atomic E-state index is 12.7. The van der Waals surface area contributed by atoms with Crippen molar-refractivity contribution in [2.24, 2.45) is 0 Å². The largest absolute Gasteiger partial charge is 0.497 e. The molecule has 3 aromatic rings. The molecule has 2 amide bonds. The number of methoxy groups -OCH3 is 1. The molecule has 0 aliphatic heterocycles. The summed E-state index contributed by atoms with van der Waals surface area (Å²) in [6, 6.07) is 5.57. The highest BCUT2D eigenvalue weighted by Crippen LogP contribution is 2.22. The number of likely N-dealkylation sites (N-methyl/N-ethyl adjacent to an activating group) is 1. The third kappa shape index (κ3) is 4.31. The number of anilines is 2. The molecule has 6 N–H and O–H groups in total. The third-order valence-electron chi connectivity index (χ3n) is 4.81. The van der Waals surface area contributed by atoms with Gasteiger partial charge in [-0.15, -0.1) is 0 Å². The summed E-state index contributed by atoms with van der Waals surface area (Å²) >= 11 is 5.88. The Hall–Kier alpha value is -3.60. The number of benzene rings is 1. The Balaban J connectivity index is 2.02. The van der Waals surface area contributed by atoms with Crippen LogP contribution in [0.2, 0.25) is 5.15 Å². The van der Waals surface area contributed by atoms with Gasteiger partial charge < -0.3 is 26.8 Å². The van der Waals surface area contributed by atoms with Gasteiger partial charge in [0.2, 0.25) is 0 Å². The average Bonchev–Trinajstić information content (AvgIpc) is 3.05. The lowest BCUT2D eigenvalue weighted by molar-refractivity contribution is -0.667.